The van der Waals surface area contributed by atoms with E-state index in [1.54, 1.807) is 20.8 Å². The SMILES string of the molecule is CC(C)(C)Oc1cc(F)cc(/C(=C/C(=N)N)NC(F)(F)F)c1. The van der Waals surface area contributed by atoms with E-state index >= 15 is 0 Å². The summed E-state index contributed by atoms with van der Waals surface area (Å²) in [7, 11) is 0. The largest absolute Gasteiger partial charge is 0.488 e. The number of ether oxygens (including phenoxy) is 1. The quantitative estimate of drug-likeness (QED) is 0.345. The minimum Gasteiger partial charge on any atom is -0.488 e. The van der Waals surface area contributed by atoms with Crippen LogP contribution in [0.1, 0.15) is 26.3 Å². The van der Waals surface area contributed by atoms with Crippen LogP contribution in [0, 0.1) is 11.2 Å². The fourth-order valence-electron chi connectivity index (χ4n) is 1.63. The van der Waals surface area contributed by atoms with Gasteiger partial charge in [-0.05, 0) is 32.9 Å². The summed E-state index contributed by atoms with van der Waals surface area (Å²) in [6.45, 7) is 5.16. The van der Waals surface area contributed by atoms with Crippen molar-refractivity contribution in [3.63, 3.8) is 0 Å². The third-order valence-corrected chi connectivity index (χ3v) is 2.18. The molecule has 0 amide bonds. The van der Waals surface area contributed by atoms with Crippen molar-refractivity contribution in [2.24, 2.45) is 5.73 Å². The zero-order valence-corrected chi connectivity index (χ0v) is 12.3. The Labute approximate surface area is 125 Å². The normalized spacial score (nSPS) is 13.0. The van der Waals surface area contributed by atoms with Crippen LogP contribution in [0.4, 0.5) is 17.6 Å². The maximum Gasteiger partial charge on any atom is 0.482 e. The molecular formula is C14H17F4N3O. The van der Waals surface area contributed by atoms with E-state index < -0.39 is 29.3 Å². The van der Waals surface area contributed by atoms with Crippen molar-refractivity contribution in [3.8, 4) is 5.75 Å². The van der Waals surface area contributed by atoms with Crippen LogP contribution >= 0.6 is 0 Å². The molecule has 0 aromatic heterocycles. The van der Waals surface area contributed by atoms with Crippen LogP contribution in [-0.2, 0) is 0 Å². The van der Waals surface area contributed by atoms with Gasteiger partial charge in [0.05, 0.1) is 5.70 Å². The number of nitrogens with one attached hydrogen (secondary N) is 2. The van der Waals surface area contributed by atoms with Crippen molar-refractivity contribution in [2.75, 3.05) is 0 Å². The number of benzene rings is 1. The molecule has 0 saturated heterocycles. The number of rotatable bonds is 4. The molecule has 1 rings (SSSR count). The predicted octanol–water partition coefficient (Wildman–Crippen LogP) is 3.39. The summed E-state index contributed by atoms with van der Waals surface area (Å²) in [5.41, 5.74) is 3.78. The molecule has 0 atom stereocenters. The fraction of sp³-hybridized carbons (Fsp3) is 0.357. The minimum atomic E-state index is -4.75. The Kier molecular flexibility index (Phi) is 5.05. The van der Waals surface area contributed by atoms with Gasteiger partial charge in [-0.25, -0.2) is 4.39 Å². The van der Waals surface area contributed by atoms with Gasteiger partial charge in [0.25, 0.3) is 0 Å². The Morgan fingerprint density at radius 2 is 1.82 bits per heavy atom. The van der Waals surface area contributed by atoms with Crippen LogP contribution in [0.25, 0.3) is 5.70 Å². The molecule has 22 heavy (non-hydrogen) atoms. The topological polar surface area (TPSA) is 71.1 Å². The zero-order valence-electron chi connectivity index (χ0n) is 12.3. The lowest BCUT2D eigenvalue weighted by Gasteiger charge is -2.22. The highest BCUT2D eigenvalue weighted by atomic mass is 19.4. The molecule has 0 aliphatic carbocycles. The molecule has 0 spiro atoms. The van der Waals surface area contributed by atoms with Gasteiger partial charge < -0.3 is 10.5 Å². The molecule has 0 bridgehead atoms. The third kappa shape index (κ3) is 6.47. The van der Waals surface area contributed by atoms with Gasteiger partial charge in [-0.3, -0.25) is 10.7 Å². The zero-order chi connectivity index (χ0) is 17.1. The molecule has 0 unspecified atom stereocenters. The van der Waals surface area contributed by atoms with E-state index in [9.17, 15) is 17.6 Å². The predicted molar refractivity (Wildman–Crippen MR) is 75.9 cm³/mol. The Morgan fingerprint density at radius 3 is 2.27 bits per heavy atom. The molecule has 0 aliphatic rings. The molecule has 0 aliphatic heterocycles. The highest BCUT2D eigenvalue weighted by Gasteiger charge is 2.29. The van der Waals surface area contributed by atoms with Gasteiger partial charge in [0, 0.05) is 17.7 Å². The Morgan fingerprint density at radius 1 is 1.23 bits per heavy atom. The van der Waals surface area contributed by atoms with Crippen molar-refractivity contribution < 1.29 is 22.3 Å². The highest BCUT2D eigenvalue weighted by molar-refractivity contribution is 5.95. The summed E-state index contributed by atoms with van der Waals surface area (Å²) in [5.74, 6) is -1.30. The van der Waals surface area contributed by atoms with E-state index in [4.69, 9.17) is 15.9 Å². The number of hydrogen-bond donors (Lipinski definition) is 3. The first-order valence-corrected chi connectivity index (χ1v) is 6.26. The van der Waals surface area contributed by atoms with Crippen molar-refractivity contribution >= 4 is 11.5 Å². The van der Waals surface area contributed by atoms with E-state index in [0.717, 1.165) is 18.2 Å². The van der Waals surface area contributed by atoms with Crippen molar-refractivity contribution in [1.82, 2.24) is 5.32 Å². The van der Waals surface area contributed by atoms with Crippen LogP contribution in [-0.4, -0.2) is 17.7 Å². The van der Waals surface area contributed by atoms with Crippen LogP contribution in [0.5, 0.6) is 5.75 Å². The molecular weight excluding hydrogens is 302 g/mol. The summed E-state index contributed by atoms with van der Waals surface area (Å²) in [5, 5.41) is 8.34. The van der Waals surface area contributed by atoms with E-state index in [-0.39, 0.29) is 11.3 Å². The first-order chi connectivity index (χ1) is 9.85. The Bertz CT molecular complexity index is 589. The average molecular weight is 319 g/mol. The summed E-state index contributed by atoms with van der Waals surface area (Å²) in [6, 6.07) is 3.19. The van der Waals surface area contributed by atoms with Gasteiger partial charge in [-0.2, -0.15) is 13.2 Å². The summed E-state index contributed by atoms with van der Waals surface area (Å²) >= 11 is 0. The number of nitrogens with two attached hydrogens (primary N) is 1. The first kappa shape index (κ1) is 17.8. The van der Waals surface area contributed by atoms with Gasteiger partial charge in [-0.1, -0.05) is 0 Å². The molecule has 0 fully saturated rings. The number of amidine groups is 1. The van der Waals surface area contributed by atoms with Crippen molar-refractivity contribution in [1.29, 1.82) is 5.41 Å². The van der Waals surface area contributed by atoms with E-state index in [0.29, 0.717) is 0 Å². The third-order valence-electron chi connectivity index (χ3n) is 2.18. The lowest BCUT2D eigenvalue weighted by molar-refractivity contribution is -0.144. The molecule has 1 aromatic rings. The van der Waals surface area contributed by atoms with Gasteiger partial charge in [-0.15, -0.1) is 0 Å². The monoisotopic (exact) mass is 319 g/mol. The summed E-state index contributed by atoms with van der Waals surface area (Å²) in [4.78, 5) is 0. The second kappa shape index (κ2) is 6.25. The van der Waals surface area contributed by atoms with Crippen LogP contribution in [0.3, 0.4) is 0 Å². The summed E-state index contributed by atoms with van der Waals surface area (Å²) < 4.78 is 56.7. The van der Waals surface area contributed by atoms with Gasteiger partial charge in [0.1, 0.15) is 23.0 Å². The van der Waals surface area contributed by atoms with Gasteiger partial charge >= 0.3 is 6.30 Å². The number of alkyl halides is 3. The Balaban J connectivity index is 3.28. The van der Waals surface area contributed by atoms with E-state index in [1.165, 1.54) is 11.4 Å². The van der Waals surface area contributed by atoms with Crippen LogP contribution in [0.2, 0.25) is 0 Å². The van der Waals surface area contributed by atoms with Gasteiger partial charge in [0.2, 0.25) is 0 Å². The molecule has 4 nitrogen and oxygen atoms in total. The molecule has 0 saturated carbocycles. The minimum absolute atomic E-state index is 0.0703. The van der Waals surface area contributed by atoms with E-state index in [1.807, 2.05) is 0 Å². The number of hydrogen-bond acceptors (Lipinski definition) is 3. The molecule has 8 heteroatoms. The molecule has 122 valence electrons. The van der Waals surface area contributed by atoms with E-state index in [2.05, 4.69) is 0 Å². The smallest absolute Gasteiger partial charge is 0.482 e. The molecule has 4 N–H and O–H groups in total. The second-order valence-corrected chi connectivity index (χ2v) is 5.53. The molecule has 1 aromatic carbocycles. The lowest BCUT2D eigenvalue weighted by Crippen LogP contribution is -2.31. The van der Waals surface area contributed by atoms with Crippen LogP contribution in [0.15, 0.2) is 24.3 Å². The lowest BCUT2D eigenvalue weighted by atomic mass is 10.1. The molecule has 0 heterocycles. The maximum absolute atomic E-state index is 13.6. The number of halogens is 4. The average Bonchev–Trinajstić information content (AvgIpc) is 2.21. The Hall–Kier alpha value is -2.25. The van der Waals surface area contributed by atoms with Gasteiger partial charge in [0.15, 0.2) is 0 Å². The fourth-order valence-corrected chi connectivity index (χ4v) is 1.63. The van der Waals surface area contributed by atoms with Crippen molar-refractivity contribution in [3.05, 3.63) is 35.7 Å². The van der Waals surface area contributed by atoms with Crippen LogP contribution < -0.4 is 15.8 Å². The summed E-state index contributed by atoms with van der Waals surface area (Å²) in [6.07, 6.45) is -4.00. The highest BCUT2D eigenvalue weighted by Crippen LogP contribution is 2.26. The second-order valence-electron chi connectivity index (χ2n) is 5.53. The standard InChI is InChI=1S/C14H17F4N3O/c1-13(2,3)22-10-5-8(4-9(15)6-10)11(7-12(19)20)21-14(16,17)18/h4-7,21H,1-3H3,(H3,19,20)/b11-7-. The molecule has 0 radical (unpaired) electrons. The van der Waals surface area contributed by atoms with Crippen molar-refractivity contribution in [2.45, 2.75) is 32.7 Å². The maximum atomic E-state index is 13.6. The first-order valence-electron chi connectivity index (χ1n) is 6.26.